The number of rotatable bonds is 12. The Labute approximate surface area is 236 Å². The first-order valence-corrected chi connectivity index (χ1v) is 14.3. The van der Waals surface area contributed by atoms with E-state index in [0.717, 1.165) is 9.87 Å². The summed E-state index contributed by atoms with van der Waals surface area (Å²) >= 11 is 0. The summed E-state index contributed by atoms with van der Waals surface area (Å²) in [6, 6.07) is 22.7. The summed E-state index contributed by atoms with van der Waals surface area (Å²) in [5.74, 6) is -0.989. The van der Waals surface area contributed by atoms with E-state index in [4.69, 9.17) is 14.3 Å². The number of hydroxylamine groups is 1. The Morgan fingerprint density at radius 3 is 1.95 bits per heavy atom. The second-order valence-corrected chi connectivity index (χ2v) is 12.3. The van der Waals surface area contributed by atoms with Gasteiger partial charge in [-0.25, -0.2) is 13.9 Å². The molecule has 40 heavy (non-hydrogen) atoms. The highest BCUT2D eigenvalue weighted by Gasteiger charge is 2.40. The number of carbonyl (C=O) groups is 2. The number of sulfonamides is 1. The molecule has 10 heteroatoms. The van der Waals surface area contributed by atoms with Crippen LogP contribution in [0.3, 0.4) is 0 Å². The molecule has 0 bridgehead atoms. The highest BCUT2D eigenvalue weighted by molar-refractivity contribution is 7.89. The van der Waals surface area contributed by atoms with Crippen LogP contribution in [0.5, 0.6) is 11.5 Å². The number of carbonyl (C=O) groups excluding carboxylic acids is 2. The van der Waals surface area contributed by atoms with Crippen molar-refractivity contribution in [2.24, 2.45) is 5.92 Å². The number of ether oxygens (including phenoxy) is 2. The van der Waals surface area contributed by atoms with Gasteiger partial charge >= 0.3 is 5.97 Å². The average molecular weight is 569 g/mol. The molecule has 0 saturated carbocycles. The normalized spacial score (nSPS) is 12.7. The first-order valence-electron chi connectivity index (χ1n) is 12.9. The lowest BCUT2D eigenvalue weighted by Gasteiger charge is -2.32. The molecule has 0 aliphatic rings. The summed E-state index contributed by atoms with van der Waals surface area (Å²) in [6.07, 6.45) is 0. The van der Waals surface area contributed by atoms with Crippen LogP contribution in [-0.2, 0) is 35.8 Å². The SMILES string of the molecule is CC(C)[C@H](C(=O)NOCc1ccccc1)N(CC(=O)OC(C)(C)C)S(=O)(=O)c1ccc(Oc2ccccc2)cc1. The van der Waals surface area contributed by atoms with Crippen LogP contribution in [0.15, 0.2) is 89.8 Å². The summed E-state index contributed by atoms with van der Waals surface area (Å²) in [7, 11) is -4.35. The van der Waals surface area contributed by atoms with Crippen molar-refractivity contribution in [1.82, 2.24) is 9.79 Å². The van der Waals surface area contributed by atoms with E-state index < -0.39 is 46.0 Å². The van der Waals surface area contributed by atoms with Crippen LogP contribution in [0, 0.1) is 5.92 Å². The fourth-order valence-corrected chi connectivity index (χ4v) is 5.53. The molecule has 0 radical (unpaired) electrons. The second kappa shape index (κ2) is 13.6. The molecule has 3 rings (SSSR count). The van der Waals surface area contributed by atoms with E-state index in [2.05, 4.69) is 5.48 Å². The van der Waals surface area contributed by atoms with Crippen LogP contribution >= 0.6 is 0 Å². The fourth-order valence-electron chi connectivity index (χ4n) is 3.86. The number of para-hydroxylation sites is 1. The molecule has 3 aromatic rings. The lowest BCUT2D eigenvalue weighted by Crippen LogP contribution is -2.54. The maximum absolute atomic E-state index is 13.9. The minimum absolute atomic E-state index is 0.0824. The summed E-state index contributed by atoms with van der Waals surface area (Å²) in [5, 5.41) is 0. The van der Waals surface area contributed by atoms with Crippen LogP contribution in [0.4, 0.5) is 0 Å². The van der Waals surface area contributed by atoms with Gasteiger partial charge in [-0.05, 0) is 68.7 Å². The Bertz CT molecular complexity index is 1350. The smallest absolute Gasteiger partial charge is 0.321 e. The van der Waals surface area contributed by atoms with E-state index in [-0.39, 0.29) is 11.5 Å². The van der Waals surface area contributed by atoms with Gasteiger partial charge in [-0.15, -0.1) is 0 Å². The molecule has 0 aromatic heterocycles. The molecule has 1 amide bonds. The molecule has 0 saturated heterocycles. The number of nitrogens with zero attached hydrogens (tertiary/aromatic N) is 1. The van der Waals surface area contributed by atoms with Crippen LogP contribution in [0.1, 0.15) is 40.2 Å². The highest BCUT2D eigenvalue weighted by Crippen LogP contribution is 2.27. The standard InChI is InChI=1S/C30H36N2O7S/c1-22(2)28(29(34)31-37-21-23-12-8-6-9-13-23)32(20-27(33)39-30(3,4)5)40(35,36)26-18-16-25(17-19-26)38-24-14-10-7-11-15-24/h6-19,22,28H,20-21H2,1-5H3,(H,31,34)/t28-/m1/s1. The molecule has 1 N–H and O–H groups in total. The number of nitrogens with one attached hydrogen (secondary N) is 1. The van der Waals surface area contributed by atoms with Gasteiger partial charge in [0.05, 0.1) is 11.5 Å². The quantitative estimate of drug-likeness (QED) is 0.239. The number of amides is 1. The molecular weight excluding hydrogens is 532 g/mol. The number of hydrogen-bond donors (Lipinski definition) is 1. The molecule has 0 unspecified atom stereocenters. The van der Waals surface area contributed by atoms with E-state index >= 15 is 0 Å². The predicted octanol–water partition coefficient (Wildman–Crippen LogP) is 5.08. The molecule has 214 valence electrons. The molecule has 0 heterocycles. The third-order valence-electron chi connectivity index (χ3n) is 5.58. The van der Waals surface area contributed by atoms with Gasteiger partial charge in [-0.3, -0.25) is 14.4 Å². The molecule has 9 nitrogen and oxygen atoms in total. The van der Waals surface area contributed by atoms with Gasteiger partial charge < -0.3 is 9.47 Å². The van der Waals surface area contributed by atoms with Crippen LogP contribution < -0.4 is 10.2 Å². The topological polar surface area (TPSA) is 111 Å². The summed E-state index contributed by atoms with van der Waals surface area (Å²) in [4.78, 5) is 31.4. The lowest BCUT2D eigenvalue weighted by atomic mass is 10.0. The van der Waals surface area contributed by atoms with Crippen molar-refractivity contribution < 1.29 is 32.3 Å². The van der Waals surface area contributed by atoms with Gasteiger partial charge in [0, 0.05) is 0 Å². The van der Waals surface area contributed by atoms with Gasteiger partial charge in [-0.1, -0.05) is 62.4 Å². The number of benzene rings is 3. The summed E-state index contributed by atoms with van der Waals surface area (Å²) in [6.45, 7) is 7.83. The Hall–Kier alpha value is -3.73. The van der Waals surface area contributed by atoms with Crippen molar-refractivity contribution in [3.8, 4) is 11.5 Å². The Kier molecular flexibility index (Phi) is 10.4. The molecule has 0 fully saturated rings. The minimum atomic E-state index is -4.35. The molecule has 1 atom stereocenters. The minimum Gasteiger partial charge on any atom is -0.459 e. The fraction of sp³-hybridized carbons (Fsp3) is 0.333. The van der Waals surface area contributed by atoms with Crippen LogP contribution in [0.2, 0.25) is 0 Å². The first kappa shape index (κ1) is 30.8. The van der Waals surface area contributed by atoms with Gasteiger partial charge in [-0.2, -0.15) is 4.31 Å². The predicted molar refractivity (Wildman–Crippen MR) is 151 cm³/mol. The molecular formula is C30H36N2O7S. The maximum Gasteiger partial charge on any atom is 0.321 e. The highest BCUT2D eigenvalue weighted by atomic mass is 32.2. The van der Waals surface area contributed by atoms with E-state index in [1.807, 2.05) is 48.5 Å². The first-order chi connectivity index (χ1) is 18.9. The third-order valence-corrected chi connectivity index (χ3v) is 7.42. The van der Waals surface area contributed by atoms with Gasteiger partial charge in [0.15, 0.2) is 0 Å². The van der Waals surface area contributed by atoms with Crippen molar-refractivity contribution in [3.63, 3.8) is 0 Å². The lowest BCUT2D eigenvalue weighted by molar-refractivity contribution is -0.156. The maximum atomic E-state index is 13.9. The largest absolute Gasteiger partial charge is 0.459 e. The Morgan fingerprint density at radius 2 is 1.40 bits per heavy atom. The zero-order valence-corrected chi connectivity index (χ0v) is 24.2. The van der Waals surface area contributed by atoms with E-state index in [1.165, 1.54) is 24.3 Å². The van der Waals surface area contributed by atoms with Gasteiger partial charge in [0.2, 0.25) is 10.0 Å². The monoisotopic (exact) mass is 568 g/mol. The Balaban J connectivity index is 1.87. The van der Waals surface area contributed by atoms with Gasteiger partial charge in [0.25, 0.3) is 5.91 Å². The zero-order valence-electron chi connectivity index (χ0n) is 23.4. The molecule has 3 aromatic carbocycles. The van der Waals surface area contributed by atoms with Crippen molar-refractivity contribution in [3.05, 3.63) is 90.5 Å². The van der Waals surface area contributed by atoms with Crippen molar-refractivity contribution in [2.75, 3.05) is 6.54 Å². The second-order valence-electron chi connectivity index (χ2n) is 10.5. The van der Waals surface area contributed by atoms with Crippen molar-refractivity contribution >= 4 is 21.9 Å². The van der Waals surface area contributed by atoms with E-state index in [9.17, 15) is 18.0 Å². The molecule has 0 aliphatic carbocycles. The van der Waals surface area contributed by atoms with E-state index in [1.54, 1.807) is 46.8 Å². The zero-order chi connectivity index (χ0) is 29.3. The molecule has 0 aliphatic heterocycles. The number of esters is 1. The van der Waals surface area contributed by atoms with Crippen LogP contribution in [0.25, 0.3) is 0 Å². The number of hydrogen-bond acceptors (Lipinski definition) is 7. The van der Waals surface area contributed by atoms with Gasteiger partial charge in [0.1, 0.15) is 29.7 Å². The molecule has 0 spiro atoms. The van der Waals surface area contributed by atoms with Crippen molar-refractivity contribution in [1.29, 1.82) is 0 Å². The van der Waals surface area contributed by atoms with Crippen molar-refractivity contribution in [2.45, 2.75) is 57.8 Å². The van der Waals surface area contributed by atoms with E-state index in [0.29, 0.717) is 11.5 Å². The Morgan fingerprint density at radius 1 is 0.850 bits per heavy atom. The summed E-state index contributed by atoms with van der Waals surface area (Å²) in [5.41, 5.74) is 2.33. The average Bonchev–Trinajstić information content (AvgIpc) is 2.88. The van der Waals surface area contributed by atoms with Crippen LogP contribution in [-0.4, -0.2) is 42.8 Å². The summed E-state index contributed by atoms with van der Waals surface area (Å²) < 4.78 is 39.8. The third kappa shape index (κ3) is 8.90.